The zero-order valence-electron chi connectivity index (χ0n) is 13.5. The van der Waals surface area contributed by atoms with Crippen molar-refractivity contribution in [2.24, 2.45) is 9.98 Å². The Hall–Kier alpha value is -1.09. The lowest BCUT2D eigenvalue weighted by Gasteiger charge is -2.28. The van der Waals surface area contributed by atoms with Crippen molar-refractivity contribution >= 4 is 22.9 Å². The molecule has 0 aromatic carbocycles. The van der Waals surface area contributed by atoms with E-state index in [0.717, 1.165) is 69.9 Å². The maximum atomic E-state index is 5.40. The Labute approximate surface area is 141 Å². The molecular formula is C15H24N6OS. The Kier molecular flexibility index (Phi) is 4.57. The van der Waals surface area contributed by atoms with E-state index in [1.807, 2.05) is 6.26 Å². The maximum Gasteiger partial charge on any atom is 0.247 e. The quantitative estimate of drug-likeness (QED) is 0.766. The Morgan fingerprint density at radius 2 is 2.22 bits per heavy atom. The highest BCUT2D eigenvalue weighted by molar-refractivity contribution is 8.13. The molecule has 4 aliphatic rings. The Bertz CT molecular complexity index is 554. The minimum absolute atomic E-state index is 0.384. The number of aliphatic imine (C=N–C) groups is 2. The van der Waals surface area contributed by atoms with E-state index in [4.69, 9.17) is 9.73 Å². The van der Waals surface area contributed by atoms with Crippen molar-refractivity contribution < 1.29 is 4.74 Å². The van der Waals surface area contributed by atoms with Crippen LogP contribution in [0.2, 0.25) is 0 Å². The molecule has 0 spiro atoms. The first-order valence-corrected chi connectivity index (χ1v) is 9.57. The molecule has 2 N–H and O–H groups in total. The summed E-state index contributed by atoms with van der Waals surface area (Å²) >= 11 is 1.62. The van der Waals surface area contributed by atoms with Crippen molar-refractivity contribution in [1.82, 2.24) is 20.7 Å². The highest BCUT2D eigenvalue weighted by Gasteiger charge is 2.33. The molecule has 0 aromatic heterocycles. The average molecular weight is 336 g/mol. The van der Waals surface area contributed by atoms with E-state index in [0.29, 0.717) is 6.04 Å². The number of nitrogens with zero attached hydrogens (tertiary/aromatic N) is 4. The molecule has 0 amide bonds. The molecule has 1 unspecified atom stereocenters. The zero-order chi connectivity index (χ0) is 15.6. The molecule has 0 radical (unpaired) electrons. The van der Waals surface area contributed by atoms with Crippen LogP contribution in [0.15, 0.2) is 21.3 Å². The average Bonchev–Trinajstić information content (AvgIpc) is 3.17. The molecule has 1 saturated heterocycles. The van der Waals surface area contributed by atoms with Crippen LogP contribution in [0.3, 0.4) is 0 Å². The molecule has 0 aromatic rings. The molecule has 0 bridgehead atoms. The first-order valence-electron chi connectivity index (χ1n) is 8.34. The monoisotopic (exact) mass is 336 g/mol. The van der Waals surface area contributed by atoms with Gasteiger partial charge in [-0.2, -0.15) is 4.99 Å². The van der Waals surface area contributed by atoms with E-state index in [1.54, 1.807) is 11.8 Å². The van der Waals surface area contributed by atoms with E-state index in [-0.39, 0.29) is 0 Å². The number of hydrogen-bond donors (Lipinski definition) is 2. The molecule has 126 valence electrons. The standard InChI is InChI=1S/C15H24N6OS/c1-23-15-18-14-17-13-11(10-21(14)19-15)2-3-12(13)16-4-5-20-6-8-22-9-7-20/h12,16H,2-10H2,1H3,(H,17,18,19). The molecule has 3 heterocycles. The highest BCUT2D eigenvalue weighted by Crippen LogP contribution is 2.32. The molecule has 7 nitrogen and oxygen atoms in total. The zero-order valence-corrected chi connectivity index (χ0v) is 14.4. The molecule has 4 rings (SSSR count). The van der Waals surface area contributed by atoms with E-state index < -0.39 is 0 Å². The van der Waals surface area contributed by atoms with Gasteiger partial charge in [-0.25, -0.2) is 10.0 Å². The number of amidine groups is 1. The van der Waals surface area contributed by atoms with Gasteiger partial charge in [0, 0.05) is 26.2 Å². The third-order valence-electron chi connectivity index (χ3n) is 4.79. The number of thioether (sulfide) groups is 1. The summed E-state index contributed by atoms with van der Waals surface area (Å²) in [4.78, 5) is 11.8. The van der Waals surface area contributed by atoms with Crippen LogP contribution >= 0.6 is 11.8 Å². The second-order valence-corrected chi connectivity index (χ2v) is 7.01. The SMILES string of the molecule is CSC1=NC2=NC3=C(CCC3NCCN3CCOCC3)CN2N1. The first kappa shape index (κ1) is 15.4. The van der Waals surface area contributed by atoms with Gasteiger partial charge in [-0.05, 0) is 24.7 Å². The van der Waals surface area contributed by atoms with Gasteiger partial charge in [0.25, 0.3) is 0 Å². The molecule has 3 aliphatic heterocycles. The van der Waals surface area contributed by atoms with Crippen LogP contribution < -0.4 is 10.7 Å². The summed E-state index contributed by atoms with van der Waals surface area (Å²) in [5.41, 5.74) is 5.97. The minimum atomic E-state index is 0.384. The lowest BCUT2D eigenvalue weighted by molar-refractivity contribution is 0.0382. The summed E-state index contributed by atoms with van der Waals surface area (Å²) in [5, 5.41) is 6.68. The molecule has 0 saturated carbocycles. The van der Waals surface area contributed by atoms with Crippen LogP contribution in [0.25, 0.3) is 0 Å². The predicted octanol–water partition coefficient (Wildman–Crippen LogP) is 0.234. The lowest BCUT2D eigenvalue weighted by Crippen LogP contribution is -2.43. The van der Waals surface area contributed by atoms with E-state index >= 15 is 0 Å². The van der Waals surface area contributed by atoms with Crippen LogP contribution in [0, 0.1) is 0 Å². The van der Waals surface area contributed by atoms with Gasteiger partial charge in [0.05, 0.1) is 31.5 Å². The van der Waals surface area contributed by atoms with Crippen LogP contribution in [0.1, 0.15) is 12.8 Å². The van der Waals surface area contributed by atoms with Crippen LogP contribution in [-0.2, 0) is 4.74 Å². The number of hydrazine groups is 1. The molecule has 1 atom stereocenters. The normalized spacial score (nSPS) is 27.5. The van der Waals surface area contributed by atoms with Crippen molar-refractivity contribution in [3.63, 3.8) is 0 Å². The number of nitrogens with one attached hydrogen (secondary N) is 2. The van der Waals surface area contributed by atoms with Gasteiger partial charge in [-0.1, -0.05) is 11.8 Å². The Morgan fingerprint density at radius 3 is 3.04 bits per heavy atom. The van der Waals surface area contributed by atoms with E-state index in [9.17, 15) is 0 Å². The summed E-state index contributed by atoms with van der Waals surface area (Å²) in [6.45, 7) is 6.83. The van der Waals surface area contributed by atoms with Crippen molar-refractivity contribution in [1.29, 1.82) is 0 Å². The van der Waals surface area contributed by atoms with Gasteiger partial charge in [-0.3, -0.25) is 10.3 Å². The third-order valence-corrected chi connectivity index (χ3v) is 5.36. The number of ether oxygens (including phenoxy) is 1. The van der Waals surface area contributed by atoms with Gasteiger partial charge >= 0.3 is 0 Å². The Morgan fingerprint density at radius 1 is 1.35 bits per heavy atom. The number of hydrogen-bond acceptors (Lipinski definition) is 8. The fourth-order valence-electron chi connectivity index (χ4n) is 3.49. The van der Waals surface area contributed by atoms with Crippen molar-refractivity contribution in [3.05, 3.63) is 11.3 Å². The summed E-state index contributed by atoms with van der Waals surface area (Å²) in [6, 6.07) is 0.384. The number of morpholine rings is 1. The smallest absolute Gasteiger partial charge is 0.247 e. The van der Waals surface area contributed by atoms with Gasteiger partial charge in [0.2, 0.25) is 5.96 Å². The summed E-state index contributed by atoms with van der Waals surface area (Å²) < 4.78 is 5.40. The maximum absolute atomic E-state index is 5.40. The van der Waals surface area contributed by atoms with Crippen LogP contribution in [0.4, 0.5) is 0 Å². The second kappa shape index (κ2) is 6.80. The van der Waals surface area contributed by atoms with Crippen LogP contribution in [0.5, 0.6) is 0 Å². The fourth-order valence-corrected chi connectivity index (χ4v) is 3.87. The fraction of sp³-hybridized carbons (Fsp3) is 0.733. The van der Waals surface area contributed by atoms with Crippen molar-refractivity contribution in [3.8, 4) is 0 Å². The predicted molar refractivity (Wildman–Crippen MR) is 93.5 cm³/mol. The summed E-state index contributed by atoms with van der Waals surface area (Å²) in [7, 11) is 0. The van der Waals surface area contributed by atoms with E-state index in [1.165, 1.54) is 11.3 Å². The lowest BCUT2D eigenvalue weighted by atomic mass is 10.2. The molecule has 23 heavy (non-hydrogen) atoms. The van der Waals surface area contributed by atoms with Gasteiger partial charge in [0.15, 0.2) is 5.17 Å². The molecular weight excluding hydrogens is 312 g/mol. The topological polar surface area (TPSA) is 64.5 Å². The van der Waals surface area contributed by atoms with Crippen molar-refractivity contribution in [2.75, 3.05) is 52.2 Å². The number of fused-ring (bicyclic) bond motifs is 1. The molecule has 1 aliphatic carbocycles. The van der Waals surface area contributed by atoms with Gasteiger partial charge < -0.3 is 10.1 Å². The summed E-state index contributed by atoms with van der Waals surface area (Å²) in [5.74, 6) is 0.815. The Balaban J connectivity index is 1.34. The van der Waals surface area contributed by atoms with Crippen molar-refractivity contribution in [2.45, 2.75) is 18.9 Å². The highest BCUT2D eigenvalue weighted by atomic mass is 32.2. The number of rotatable bonds is 4. The van der Waals surface area contributed by atoms with E-state index in [2.05, 4.69) is 25.6 Å². The van der Waals surface area contributed by atoms with Gasteiger partial charge in [0.1, 0.15) is 0 Å². The largest absolute Gasteiger partial charge is 0.379 e. The van der Waals surface area contributed by atoms with Crippen LogP contribution in [-0.4, -0.2) is 79.3 Å². The summed E-state index contributed by atoms with van der Waals surface area (Å²) in [6.07, 6.45) is 4.31. The number of guanidine groups is 1. The first-order chi connectivity index (χ1) is 11.3. The third kappa shape index (κ3) is 3.26. The molecule has 8 heteroatoms. The van der Waals surface area contributed by atoms with Gasteiger partial charge in [-0.15, -0.1) is 0 Å². The second-order valence-electron chi connectivity index (χ2n) is 6.22. The molecule has 1 fully saturated rings. The minimum Gasteiger partial charge on any atom is -0.379 e.